The van der Waals surface area contributed by atoms with Crippen molar-refractivity contribution in [2.45, 2.75) is 26.2 Å². The Morgan fingerprint density at radius 2 is 1.35 bits per heavy atom. The maximum atomic E-state index is 13.3. The zero-order valence-electron chi connectivity index (χ0n) is 11.9. The smallest absolute Gasteiger partial charge is 0.123 e. The van der Waals surface area contributed by atoms with Crippen molar-refractivity contribution < 1.29 is 8.78 Å². The summed E-state index contributed by atoms with van der Waals surface area (Å²) in [6, 6.07) is 12.8. The van der Waals surface area contributed by atoms with E-state index in [0.717, 1.165) is 11.1 Å². The molecule has 2 N–H and O–H groups in total. The minimum absolute atomic E-state index is 0.0681. The third-order valence-electron chi connectivity index (χ3n) is 2.96. The summed E-state index contributed by atoms with van der Waals surface area (Å²) in [5.41, 5.74) is 7.24. The van der Waals surface area contributed by atoms with Gasteiger partial charge in [0, 0.05) is 5.92 Å². The molecule has 0 spiro atoms. The highest BCUT2D eigenvalue weighted by Gasteiger charge is 2.14. The van der Waals surface area contributed by atoms with Crippen LogP contribution in [-0.2, 0) is 0 Å². The van der Waals surface area contributed by atoms with Crippen molar-refractivity contribution in [2.75, 3.05) is 6.54 Å². The standard InChI is InChI=1S/C15H15F2N.C2H6/c16-13-5-1-3-11(9-13)15(7-8-18)12-4-2-6-14(17)10-12;1-2/h1-6,9-10,15H,7-8,18H2;1-2H3. The van der Waals surface area contributed by atoms with E-state index in [-0.39, 0.29) is 17.6 Å². The highest BCUT2D eigenvalue weighted by Crippen LogP contribution is 2.28. The van der Waals surface area contributed by atoms with Crippen LogP contribution in [0.5, 0.6) is 0 Å². The predicted octanol–water partition coefficient (Wildman–Crippen LogP) is 4.47. The molecule has 2 aromatic carbocycles. The third kappa shape index (κ3) is 4.42. The second-order valence-electron chi connectivity index (χ2n) is 4.24. The second kappa shape index (κ2) is 8.43. The Kier molecular flexibility index (Phi) is 6.88. The molecule has 0 aliphatic heterocycles. The first-order valence-corrected chi connectivity index (χ1v) is 6.91. The van der Waals surface area contributed by atoms with E-state index < -0.39 is 0 Å². The molecule has 0 amide bonds. The van der Waals surface area contributed by atoms with Gasteiger partial charge in [0.05, 0.1) is 0 Å². The van der Waals surface area contributed by atoms with Crippen LogP contribution in [0.4, 0.5) is 8.78 Å². The van der Waals surface area contributed by atoms with Gasteiger partial charge in [-0.2, -0.15) is 0 Å². The first kappa shape index (κ1) is 16.3. The van der Waals surface area contributed by atoms with Crippen LogP contribution in [-0.4, -0.2) is 6.54 Å². The van der Waals surface area contributed by atoms with Gasteiger partial charge in [0.25, 0.3) is 0 Å². The zero-order valence-corrected chi connectivity index (χ0v) is 11.9. The monoisotopic (exact) mass is 277 g/mol. The Hall–Kier alpha value is -1.74. The van der Waals surface area contributed by atoms with Crippen molar-refractivity contribution in [3.63, 3.8) is 0 Å². The van der Waals surface area contributed by atoms with Crippen molar-refractivity contribution in [3.8, 4) is 0 Å². The number of halogens is 2. The van der Waals surface area contributed by atoms with Crippen LogP contribution in [0.2, 0.25) is 0 Å². The van der Waals surface area contributed by atoms with Gasteiger partial charge in [0.15, 0.2) is 0 Å². The van der Waals surface area contributed by atoms with Crippen LogP contribution in [0.25, 0.3) is 0 Å². The summed E-state index contributed by atoms with van der Waals surface area (Å²) in [5, 5.41) is 0. The van der Waals surface area contributed by atoms with Crippen molar-refractivity contribution in [2.24, 2.45) is 5.73 Å². The molecular formula is C17H21F2N. The molecule has 1 nitrogen and oxygen atoms in total. The van der Waals surface area contributed by atoms with Crippen LogP contribution < -0.4 is 5.73 Å². The number of hydrogen-bond acceptors (Lipinski definition) is 1. The minimum atomic E-state index is -0.286. The van der Waals surface area contributed by atoms with E-state index in [4.69, 9.17) is 5.73 Å². The lowest BCUT2D eigenvalue weighted by Crippen LogP contribution is -2.09. The van der Waals surface area contributed by atoms with E-state index in [9.17, 15) is 8.78 Å². The van der Waals surface area contributed by atoms with Crippen LogP contribution >= 0.6 is 0 Å². The summed E-state index contributed by atoms with van der Waals surface area (Å²) >= 11 is 0. The molecule has 0 radical (unpaired) electrons. The van der Waals surface area contributed by atoms with Gasteiger partial charge >= 0.3 is 0 Å². The largest absolute Gasteiger partial charge is 0.330 e. The van der Waals surface area contributed by atoms with E-state index in [1.165, 1.54) is 24.3 Å². The lowest BCUT2D eigenvalue weighted by atomic mass is 9.88. The molecule has 2 aromatic rings. The summed E-state index contributed by atoms with van der Waals surface area (Å²) in [6.07, 6.45) is 0.660. The Morgan fingerprint density at radius 3 is 1.70 bits per heavy atom. The predicted molar refractivity (Wildman–Crippen MR) is 79.7 cm³/mol. The number of rotatable bonds is 4. The Labute approximate surface area is 119 Å². The molecule has 0 atom stereocenters. The third-order valence-corrected chi connectivity index (χ3v) is 2.96. The lowest BCUT2D eigenvalue weighted by Gasteiger charge is -2.17. The van der Waals surface area contributed by atoms with E-state index in [1.807, 2.05) is 26.0 Å². The van der Waals surface area contributed by atoms with Crippen LogP contribution in [0.1, 0.15) is 37.3 Å². The molecule has 0 saturated heterocycles. The second-order valence-corrected chi connectivity index (χ2v) is 4.24. The van der Waals surface area contributed by atoms with E-state index in [0.29, 0.717) is 13.0 Å². The van der Waals surface area contributed by atoms with Gasteiger partial charge in [-0.25, -0.2) is 8.78 Å². The van der Waals surface area contributed by atoms with Crippen LogP contribution in [0, 0.1) is 11.6 Å². The van der Waals surface area contributed by atoms with Crippen molar-refractivity contribution >= 4 is 0 Å². The first-order valence-electron chi connectivity index (χ1n) is 6.91. The highest BCUT2D eigenvalue weighted by atomic mass is 19.1. The molecule has 3 heteroatoms. The minimum Gasteiger partial charge on any atom is -0.330 e. The van der Waals surface area contributed by atoms with Gasteiger partial charge in [-0.05, 0) is 48.4 Å². The Morgan fingerprint density at radius 1 is 0.900 bits per heavy atom. The Bertz CT molecular complexity index is 480. The summed E-state index contributed by atoms with van der Waals surface area (Å²) in [5.74, 6) is -0.641. The average molecular weight is 277 g/mol. The molecule has 2 rings (SSSR count). The fraction of sp³-hybridized carbons (Fsp3) is 0.294. The molecule has 0 fully saturated rings. The maximum Gasteiger partial charge on any atom is 0.123 e. The normalized spacial score (nSPS) is 10.1. The zero-order chi connectivity index (χ0) is 15.0. The van der Waals surface area contributed by atoms with Crippen molar-refractivity contribution in [3.05, 3.63) is 71.3 Å². The van der Waals surface area contributed by atoms with E-state index in [2.05, 4.69) is 0 Å². The summed E-state index contributed by atoms with van der Waals surface area (Å²) in [4.78, 5) is 0. The Balaban J connectivity index is 0.000000956. The molecule has 108 valence electrons. The van der Waals surface area contributed by atoms with Crippen molar-refractivity contribution in [1.82, 2.24) is 0 Å². The molecule has 20 heavy (non-hydrogen) atoms. The van der Waals surface area contributed by atoms with Gasteiger partial charge < -0.3 is 5.73 Å². The average Bonchev–Trinajstić information content (AvgIpc) is 2.47. The number of hydrogen-bond donors (Lipinski definition) is 1. The van der Waals surface area contributed by atoms with E-state index in [1.54, 1.807) is 12.1 Å². The molecule has 0 heterocycles. The maximum absolute atomic E-state index is 13.3. The summed E-state index contributed by atoms with van der Waals surface area (Å²) in [6.45, 7) is 4.47. The molecule has 0 aliphatic carbocycles. The van der Waals surface area contributed by atoms with Crippen LogP contribution in [0.15, 0.2) is 48.5 Å². The fourth-order valence-electron chi connectivity index (χ4n) is 2.14. The summed E-state index contributed by atoms with van der Waals surface area (Å²) < 4.78 is 26.5. The summed E-state index contributed by atoms with van der Waals surface area (Å²) in [7, 11) is 0. The quantitative estimate of drug-likeness (QED) is 0.876. The molecule has 0 bridgehead atoms. The van der Waals surface area contributed by atoms with Crippen LogP contribution in [0.3, 0.4) is 0 Å². The molecule has 0 unspecified atom stereocenters. The van der Waals surface area contributed by atoms with Gasteiger partial charge in [-0.3, -0.25) is 0 Å². The highest BCUT2D eigenvalue weighted by molar-refractivity contribution is 5.33. The van der Waals surface area contributed by atoms with Crippen molar-refractivity contribution in [1.29, 1.82) is 0 Å². The van der Waals surface area contributed by atoms with Gasteiger partial charge in [0.1, 0.15) is 11.6 Å². The first-order chi connectivity index (χ1) is 9.70. The molecule has 0 aromatic heterocycles. The van der Waals surface area contributed by atoms with Gasteiger partial charge in [0.2, 0.25) is 0 Å². The van der Waals surface area contributed by atoms with E-state index >= 15 is 0 Å². The van der Waals surface area contributed by atoms with Gasteiger partial charge in [-0.1, -0.05) is 38.1 Å². The fourth-order valence-corrected chi connectivity index (χ4v) is 2.14. The van der Waals surface area contributed by atoms with Gasteiger partial charge in [-0.15, -0.1) is 0 Å². The number of benzene rings is 2. The molecular weight excluding hydrogens is 256 g/mol. The SMILES string of the molecule is CC.NCCC(c1cccc(F)c1)c1cccc(F)c1. The topological polar surface area (TPSA) is 26.0 Å². The number of nitrogens with two attached hydrogens (primary N) is 1. The molecule has 0 saturated carbocycles. The molecule has 0 aliphatic rings. The lowest BCUT2D eigenvalue weighted by molar-refractivity contribution is 0.614.